The fourth-order valence-electron chi connectivity index (χ4n) is 3.13. The highest BCUT2D eigenvalue weighted by molar-refractivity contribution is 7.85. The third-order valence-corrected chi connectivity index (χ3v) is 5.85. The minimum absolute atomic E-state index is 0.158. The van der Waals surface area contributed by atoms with Crippen LogP contribution in [0.2, 0.25) is 0 Å². The van der Waals surface area contributed by atoms with Crippen LogP contribution in [0.4, 0.5) is 0 Å². The van der Waals surface area contributed by atoms with Gasteiger partial charge in [0.1, 0.15) is 0 Å². The largest absolute Gasteiger partial charge is 0.338 e. The lowest BCUT2D eigenvalue weighted by Crippen LogP contribution is -2.27. The van der Waals surface area contributed by atoms with Crippen molar-refractivity contribution in [2.24, 2.45) is 11.1 Å². The van der Waals surface area contributed by atoms with E-state index in [1.165, 1.54) is 12.1 Å². The molecular formula is C22H27NO5S. The van der Waals surface area contributed by atoms with Gasteiger partial charge >= 0.3 is 5.97 Å². The van der Waals surface area contributed by atoms with Crippen LogP contribution in [0, 0.1) is 5.92 Å². The van der Waals surface area contributed by atoms with Gasteiger partial charge in [-0.15, -0.1) is 0 Å². The van der Waals surface area contributed by atoms with Crippen LogP contribution >= 0.6 is 0 Å². The van der Waals surface area contributed by atoms with Gasteiger partial charge in [-0.25, -0.2) is 4.79 Å². The summed E-state index contributed by atoms with van der Waals surface area (Å²) >= 11 is 0. The van der Waals surface area contributed by atoms with E-state index in [1.807, 2.05) is 51.1 Å². The summed E-state index contributed by atoms with van der Waals surface area (Å²) in [5, 5.41) is 3.98. The summed E-state index contributed by atoms with van der Waals surface area (Å²) in [6, 6.07) is 15.5. The van der Waals surface area contributed by atoms with E-state index in [9.17, 15) is 13.2 Å². The zero-order chi connectivity index (χ0) is 21.7. The molecule has 0 spiro atoms. The zero-order valence-electron chi connectivity index (χ0n) is 17.1. The molecular weight excluding hydrogens is 390 g/mol. The van der Waals surface area contributed by atoms with E-state index in [0.29, 0.717) is 18.6 Å². The highest BCUT2D eigenvalue weighted by Crippen LogP contribution is 2.33. The number of hydrogen-bond donors (Lipinski definition) is 1. The summed E-state index contributed by atoms with van der Waals surface area (Å²) in [5.74, 6) is -0.760. The molecule has 1 N–H and O–H groups in total. The number of carbonyl (C=O) groups is 1. The van der Waals surface area contributed by atoms with Crippen molar-refractivity contribution in [3.05, 3.63) is 65.7 Å². The van der Waals surface area contributed by atoms with Gasteiger partial charge in [0.25, 0.3) is 10.1 Å². The van der Waals surface area contributed by atoms with Crippen LogP contribution in [0.5, 0.6) is 0 Å². The van der Waals surface area contributed by atoms with Crippen molar-refractivity contribution < 1.29 is 22.6 Å². The van der Waals surface area contributed by atoms with Crippen LogP contribution in [0.3, 0.4) is 0 Å². The van der Waals surface area contributed by atoms with E-state index in [-0.39, 0.29) is 10.8 Å². The van der Waals surface area contributed by atoms with Crippen molar-refractivity contribution in [3.8, 4) is 0 Å². The van der Waals surface area contributed by atoms with Crippen molar-refractivity contribution in [2.75, 3.05) is 0 Å². The van der Waals surface area contributed by atoms with Crippen molar-refractivity contribution >= 4 is 21.8 Å². The minimum Gasteiger partial charge on any atom is -0.318 e. The SMILES string of the molecule is CCC(CC(C)(C)c1ccc(S(=O)(=O)O)cc1)C(=O)ON=C(C)c1ccccc1. The Morgan fingerprint density at radius 1 is 1.10 bits per heavy atom. The predicted molar refractivity (Wildman–Crippen MR) is 112 cm³/mol. The molecule has 1 atom stereocenters. The second kappa shape index (κ2) is 9.33. The van der Waals surface area contributed by atoms with Crippen LogP contribution in [-0.4, -0.2) is 24.7 Å². The van der Waals surface area contributed by atoms with Crippen molar-refractivity contribution in [3.63, 3.8) is 0 Å². The molecule has 7 heteroatoms. The molecule has 0 fully saturated rings. The van der Waals surface area contributed by atoms with E-state index in [1.54, 1.807) is 19.1 Å². The summed E-state index contributed by atoms with van der Waals surface area (Å²) in [4.78, 5) is 17.6. The molecule has 6 nitrogen and oxygen atoms in total. The van der Waals surface area contributed by atoms with Crippen molar-refractivity contribution in [2.45, 2.75) is 50.8 Å². The molecule has 0 bridgehead atoms. The highest BCUT2D eigenvalue weighted by atomic mass is 32.2. The standard InChI is InChI=1S/C22H27NO5S/c1-5-17(21(24)28-23-16(2)18-9-7-6-8-10-18)15-22(3,4)19-11-13-20(14-12-19)29(25,26)27/h6-14,17H,5,15H2,1-4H3,(H,25,26,27). The molecule has 0 aliphatic heterocycles. The van der Waals surface area contributed by atoms with Gasteiger partial charge in [0.15, 0.2) is 0 Å². The molecule has 156 valence electrons. The van der Waals surface area contributed by atoms with Crippen LogP contribution in [-0.2, 0) is 25.2 Å². The maximum absolute atomic E-state index is 12.6. The van der Waals surface area contributed by atoms with Crippen LogP contribution in [0.1, 0.15) is 51.7 Å². The first-order valence-electron chi connectivity index (χ1n) is 9.43. The first kappa shape index (κ1) is 22.8. The third kappa shape index (κ3) is 6.24. The Labute approximate surface area is 172 Å². The summed E-state index contributed by atoms with van der Waals surface area (Å²) < 4.78 is 31.6. The van der Waals surface area contributed by atoms with Gasteiger partial charge in [0.2, 0.25) is 0 Å². The second-order valence-corrected chi connectivity index (χ2v) is 9.07. The fraction of sp³-hybridized carbons (Fsp3) is 0.364. The van der Waals surface area contributed by atoms with Crippen LogP contribution in [0.15, 0.2) is 64.6 Å². The molecule has 2 aromatic carbocycles. The second-order valence-electron chi connectivity index (χ2n) is 7.65. The highest BCUT2D eigenvalue weighted by Gasteiger charge is 2.30. The van der Waals surface area contributed by atoms with Gasteiger partial charge in [-0.05, 0) is 48.4 Å². The van der Waals surface area contributed by atoms with Crippen LogP contribution in [0.25, 0.3) is 0 Å². The lowest BCUT2D eigenvalue weighted by Gasteiger charge is -2.28. The van der Waals surface area contributed by atoms with Gasteiger partial charge in [0, 0.05) is 0 Å². The predicted octanol–water partition coefficient (Wildman–Crippen LogP) is 4.59. The van der Waals surface area contributed by atoms with E-state index in [4.69, 9.17) is 9.39 Å². The van der Waals surface area contributed by atoms with E-state index >= 15 is 0 Å². The Morgan fingerprint density at radius 3 is 2.21 bits per heavy atom. The third-order valence-electron chi connectivity index (χ3n) is 4.98. The zero-order valence-corrected chi connectivity index (χ0v) is 17.9. The van der Waals surface area contributed by atoms with E-state index in [2.05, 4.69) is 5.16 Å². The average molecular weight is 418 g/mol. The number of benzene rings is 2. The number of rotatable bonds is 8. The van der Waals surface area contributed by atoms with Gasteiger partial charge in [0.05, 0.1) is 16.5 Å². The summed E-state index contributed by atoms with van der Waals surface area (Å²) in [5.41, 5.74) is 1.96. The number of carbonyl (C=O) groups excluding carboxylic acids is 1. The molecule has 0 aliphatic carbocycles. The lowest BCUT2D eigenvalue weighted by atomic mass is 9.76. The monoisotopic (exact) mass is 417 g/mol. The molecule has 29 heavy (non-hydrogen) atoms. The molecule has 1 unspecified atom stereocenters. The normalized spacial score (nSPS) is 13.8. The summed E-state index contributed by atoms with van der Waals surface area (Å²) in [6.07, 6.45) is 1.10. The van der Waals surface area contributed by atoms with Gasteiger partial charge < -0.3 is 4.84 Å². The Morgan fingerprint density at radius 2 is 1.69 bits per heavy atom. The Hall–Kier alpha value is -2.51. The Kier molecular flexibility index (Phi) is 7.32. The number of oxime groups is 1. The van der Waals surface area contributed by atoms with E-state index in [0.717, 1.165) is 11.1 Å². The van der Waals surface area contributed by atoms with Crippen molar-refractivity contribution in [1.29, 1.82) is 0 Å². The molecule has 2 aromatic rings. The van der Waals surface area contributed by atoms with E-state index < -0.39 is 21.5 Å². The maximum atomic E-state index is 12.6. The summed E-state index contributed by atoms with van der Waals surface area (Å²) in [6.45, 7) is 7.65. The smallest absolute Gasteiger partial charge is 0.318 e. The quantitative estimate of drug-likeness (QED) is 0.293. The molecule has 0 aliphatic rings. The number of nitrogens with zero attached hydrogens (tertiary/aromatic N) is 1. The molecule has 2 rings (SSSR count). The lowest BCUT2D eigenvalue weighted by molar-refractivity contribution is -0.149. The maximum Gasteiger partial charge on any atom is 0.338 e. The van der Waals surface area contributed by atoms with Gasteiger partial charge in [-0.1, -0.05) is 68.4 Å². The minimum atomic E-state index is -4.23. The molecule has 0 saturated heterocycles. The summed E-state index contributed by atoms with van der Waals surface area (Å²) in [7, 11) is -4.23. The fourth-order valence-corrected chi connectivity index (χ4v) is 3.61. The number of hydrogen-bond acceptors (Lipinski definition) is 5. The van der Waals surface area contributed by atoms with Crippen LogP contribution < -0.4 is 0 Å². The topological polar surface area (TPSA) is 93.0 Å². The molecule has 0 amide bonds. The first-order chi connectivity index (χ1) is 13.5. The Bertz CT molecular complexity index is 964. The first-order valence-corrected chi connectivity index (χ1v) is 10.9. The van der Waals surface area contributed by atoms with Crippen molar-refractivity contribution in [1.82, 2.24) is 0 Å². The molecule has 0 radical (unpaired) electrons. The van der Waals surface area contributed by atoms with Gasteiger partial charge in [-0.2, -0.15) is 8.42 Å². The van der Waals surface area contributed by atoms with Gasteiger partial charge in [-0.3, -0.25) is 4.55 Å². The average Bonchev–Trinajstić information content (AvgIpc) is 2.70. The molecule has 0 heterocycles. The molecule has 0 aromatic heterocycles. The molecule has 0 saturated carbocycles. The Balaban J connectivity index is 2.09.